The number of halogens is 1. The summed E-state index contributed by atoms with van der Waals surface area (Å²) < 4.78 is 5.52. The van der Waals surface area contributed by atoms with Crippen LogP contribution in [0, 0.1) is 11.3 Å². The highest BCUT2D eigenvalue weighted by molar-refractivity contribution is 6.30. The van der Waals surface area contributed by atoms with Crippen molar-refractivity contribution in [1.82, 2.24) is 20.0 Å². The number of H-pyrrole nitrogens is 1. The number of aryl methyl sites for hydroxylation is 1. The Kier molecular flexibility index (Phi) is 4.36. The number of carbonyl (C=O) groups excluding carboxylic acids is 1. The third-order valence-electron chi connectivity index (χ3n) is 5.86. The number of piperidine rings is 1. The van der Waals surface area contributed by atoms with Crippen LogP contribution < -0.4 is 0 Å². The summed E-state index contributed by atoms with van der Waals surface area (Å²) in [6.45, 7) is 0.552. The third-order valence-corrected chi connectivity index (χ3v) is 6.08. The lowest BCUT2D eigenvalue weighted by Gasteiger charge is -2.37. The molecule has 0 aliphatic carbocycles. The normalized spacial score (nSPS) is 21.2. The van der Waals surface area contributed by atoms with Gasteiger partial charge in [0, 0.05) is 24.3 Å². The second-order valence-electron chi connectivity index (χ2n) is 7.60. The lowest BCUT2D eigenvalue weighted by Crippen LogP contribution is -2.45. The number of nitriles is 1. The Bertz CT molecular complexity index is 1130. The molecule has 0 radical (unpaired) electrons. The van der Waals surface area contributed by atoms with Crippen molar-refractivity contribution in [3.05, 3.63) is 58.1 Å². The lowest BCUT2D eigenvalue weighted by molar-refractivity contribution is 0.0570. The number of fused-ring (bicyclic) bond motifs is 2. The van der Waals surface area contributed by atoms with Gasteiger partial charge in [0.2, 0.25) is 11.7 Å². The molecule has 1 amide bonds. The zero-order valence-corrected chi connectivity index (χ0v) is 16.3. The molecule has 29 heavy (non-hydrogen) atoms. The van der Waals surface area contributed by atoms with Crippen molar-refractivity contribution in [2.75, 3.05) is 6.54 Å². The first-order valence-corrected chi connectivity index (χ1v) is 10.0. The van der Waals surface area contributed by atoms with Crippen LogP contribution >= 0.6 is 11.6 Å². The van der Waals surface area contributed by atoms with E-state index in [1.807, 2.05) is 11.0 Å². The van der Waals surface area contributed by atoms with Gasteiger partial charge < -0.3 is 14.4 Å². The molecule has 146 valence electrons. The van der Waals surface area contributed by atoms with Crippen LogP contribution in [0.4, 0.5) is 0 Å². The molecule has 2 aromatic heterocycles. The molecule has 3 aromatic rings. The lowest BCUT2D eigenvalue weighted by atomic mass is 9.90. The molecule has 4 heterocycles. The smallest absolute Gasteiger partial charge is 0.254 e. The number of carbonyl (C=O) groups is 1. The number of benzene rings is 1. The largest absolute Gasteiger partial charge is 0.357 e. The molecule has 2 unspecified atom stereocenters. The van der Waals surface area contributed by atoms with Crippen LogP contribution in [0.15, 0.2) is 35.0 Å². The summed E-state index contributed by atoms with van der Waals surface area (Å²) in [7, 11) is 0. The molecule has 1 aromatic carbocycles. The van der Waals surface area contributed by atoms with Gasteiger partial charge in [0.25, 0.3) is 5.91 Å². The Morgan fingerprint density at radius 1 is 1.28 bits per heavy atom. The number of hydrogen-bond acceptors (Lipinski definition) is 5. The molecule has 0 spiro atoms. The maximum absolute atomic E-state index is 13.2. The molecular weight excluding hydrogens is 390 g/mol. The molecule has 2 aliphatic rings. The number of amides is 1. The fraction of sp³-hybridized carbons (Fsp3) is 0.333. The highest BCUT2D eigenvalue weighted by Crippen LogP contribution is 2.35. The molecular formula is C21H18ClN5O2. The number of nitrogens with one attached hydrogen (secondary N) is 1. The summed E-state index contributed by atoms with van der Waals surface area (Å²) in [5.74, 6) is 1.03. The highest BCUT2D eigenvalue weighted by Gasteiger charge is 2.37. The Morgan fingerprint density at radius 2 is 2.17 bits per heavy atom. The number of hydrogen-bond donors (Lipinski definition) is 1. The molecule has 2 atom stereocenters. The van der Waals surface area contributed by atoms with Gasteiger partial charge in [0.05, 0.1) is 28.3 Å². The summed E-state index contributed by atoms with van der Waals surface area (Å²) in [5.41, 5.74) is 2.95. The van der Waals surface area contributed by atoms with Crippen LogP contribution in [0.1, 0.15) is 52.6 Å². The molecule has 0 bridgehead atoms. The van der Waals surface area contributed by atoms with Crippen LogP contribution in [-0.4, -0.2) is 38.5 Å². The zero-order valence-electron chi connectivity index (χ0n) is 15.6. The molecule has 2 aliphatic heterocycles. The molecule has 1 N–H and O–H groups in total. The van der Waals surface area contributed by atoms with Gasteiger partial charge in [-0.15, -0.1) is 0 Å². The summed E-state index contributed by atoms with van der Waals surface area (Å²) in [6.07, 6.45) is 5.16. The van der Waals surface area contributed by atoms with Gasteiger partial charge >= 0.3 is 0 Å². The van der Waals surface area contributed by atoms with Gasteiger partial charge in [-0.1, -0.05) is 16.8 Å². The SMILES string of the molecule is N#Cc1ccc2c(c1)CCC1CCC(c3nc(-c4cc(Cl)c[nH]4)no3)CN1C2=O. The van der Waals surface area contributed by atoms with E-state index < -0.39 is 0 Å². The van der Waals surface area contributed by atoms with E-state index in [9.17, 15) is 4.79 Å². The van der Waals surface area contributed by atoms with Crippen LogP contribution in [0.2, 0.25) is 5.02 Å². The Labute approximate surface area is 172 Å². The van der Waals surface area contributed by atoms with E-state index in [1.54, 1.807) is 24.4 Å². The van der Waals surface area contributed by atoms with Gasteiger partial charge in [0.15, 0.2) is 0 Å². The predicted molar refractivity (Wildman–Crippen MR) is 105 cm³/mol. The molecule has 8 heteroatoms. The van der Waals surface area contributed by atoms with E-state index in [0.717, 1.165) is 31.2 Å². The van der Waals surface area contributed by atoms with Crippen molar-refractivity contribution < 1.29 is 9.32 Å². The monoisotopic (exact) mass is 407 g/mol. The summed E-state index contributed by atoms with van der Waals surface area (Å²) >= 11 is 5.95. The standard InChI is InChI=1S/C21H18ClN5O2/c22-15-8-18(24-10-15)19-25-20(29-26-19)14-3-5-16-4-2-13-7-12(9-23)1-6-17(13)21(28)27(16)11-14/h1,6-8,10,14,16,24H,2-5,11H2. The number of aromatic amines is 1. The van der Waals surface area contributed by atoms with Gasteiger partial charge in [-0.3, -0.25) is 4.79 Å². The van der Waals surface area contributed by atoms with Crippen LogP contribution in [-0.2, 0) is 6.42 Å². The number of rotatable bonds is 2. The van der Waals surface area contributed by atoms with E-state index >= 15 is 0 Å². The first kappa shape index (κ1) is 18.0. The van der Waals surface area contributed by atoms with Crippen molar-refractivity contribution >= 4 is 17.5 Å². The minimum atomic E-state index is 0.00168. The average molecular weight is 408 g/mol. The number of nitrogens with zero attached hydrogens (tertiary/aromatic N) is 4. The first-order chi connectivity index (χ1) is 14.1. The number of aromatic nitrogens is 3. The maximum atomic E-state index is 13.2. The van der Waals surface area contributed by atoms with Crippen molar-refractivity contribution in [3.63, 3.8) is 0 Å². The topological polar surface area (TPSA) is 98.8 Å². The maximum Gasteiger partial charge on any atom is 0.254 e. The Balaban J connectivity index is 1.40. The predicted octanol–water partition coefficient (Wildman–Crippen LogP) is 3.92. The fourth-order valence-corrected chi connectivity index (χ4v) is 4.50. The molecule has 7 nitrogen and oxygen atoms in total. The Hall–Kier alpha value is -3.11. The van der Waals surface area contributed by atoms with Crippen LogP contribution in [0.3, 0.4) is 0 Å². The second-order valence-corrected chi connectivity index (χ2v) is 8.03. The summed E-state index contributed by atoms with van der Waals surface area (Å²) in [5, 5.41) is 13.8. The van der Waals surface area contributed by atoms with Crippen LogP contribution in [0.25, 0.3) is 11.5 Å². The van der Waals surface area contributed by atoms with E-state index in [2.05, 4.69) is 21.2 Å². The Morgan fingerprint density at radius 3 is 2.97 bits per heavy atom. The van der Waals surface area contributed by atoms with Crippen molar-refractivity contribution in [1.29, 1.82) is 5.26 Å². The summed E-state index contributed by atoms with van der Waals surface area (Å²) in [4.78, 5) is 22.7. The fourth-order valence-electron chi connectivity index (χ4n) is 4.34. The van der Waals surface area contributed by atoms with E-state index in [-0.39, 0.29) is 17.9 Å². The van der Waals surface area contributed by atoms with Gasteiger partial charge in [-0.2, -0.15) is 10.2 Å². The zero-order chi connectivity index (χ0) is 20.0. The van der Waals surface area contributed by atoms with Gasteiger partial charge in [-0.05, 0) is 55.5 Å². The second kappa shape index (κ2) is 7.05. The minimum Gasteiger partial charge on any atom is -0.357 e. The third kappa shape index (κ3) is 3.19. The molecule has 1 saturated heterocycles. The van der Waals surface area contributed by atoms with Crippen molar-refractivity contribution in [3.8, 4) is 17.6 Å². The van der Waals surface area contributed by atoms with Crippen molar-refractivity contribution in [2.24, 2.45) is 0 Å². The molecule has 0 saturated carbocycles. The first-order valence-electron chi connectivity index (χ1n) is 9.64. The quantitative estimate of drug-likeness (QED) is 0.694. The molecule has 5 rings (SSSR count). The highest BCUT2D eigenvalue weighted by atomic mass is 35.5. The van der Waals surface area contributed by atoms with E-state index in [0.29, 0.717) is 40.1 Å². The van der Waals surface area contributed by atoms with E-state index in [4.69, 9.17) is 21.4 Å². The van der Waals surface area contributed by atoms with Crippen LogP contribution in [0.5, 0.6) is 0 Å². The average Bonchev–Trinajstić information content (AvgIpc) is 3.38. The van der Waals surface area contributed by atoms with Gasteiger partial charge in [0.1, 0.15) is 0 Å². The molecule has 1 fully saturated rings. The summed E-state index contributed by atoms with van der Waals surface area (Å²) in [6, 6.07) is 9.44. The van der Waals surface area contributed by atoms with Crippen molar-refractivity contribution in [2.45, 2.75) is 37.6 Å². The van der Waals surface area contributed by atoms with E-state index in [1.165, 1.54) is 0 Å². The minimum absolute atomic E-state index is 0.00168. The van der Waals surface area contributed by atoms with Gasteiger partial charge in [-0.25, -0.2) is 0 Å².